The zero-order valence-corrected chi connectivity index (χ0v) is 13.2. The largest absolute Gasteiger partial charge is 0.346 e. The summed E-state index contributed by atoms with van der Waals surface area (Å²) in [5.74, 6) is 0.797. The molecule has 2 fully saturated rings. The van der Waals surface area contributed by atoms with Gasteiger partial charge >= 0.3 is 0 Å². The van der Waals surface area contributed by atoms with Crippen LogP contribution < -0.4 is 10.6 Å². The first-order valence-corrected chi connectivity index (χ1v) is 8.68. The fraction of sp³-hybridized carbons (Fsp3) is 0.800. The lowest BCUT2D eigenvalue weighted by Gasteiger charge is -2.43. The standard InChI is InChI=1S/C15H26N4S/c1-13-3-2-4-15(16,11-13)12-18-6-8-19(9-7-18)14-17-5-10-20-14/h5,10,13H,2-4,6-9,11-12,16H2,1H3. The molecular formula is C15H26N4S. The topological polar surface area (TPSA) is 45.4 Å². The molecule has 20 heavy (non-hydrogen) atoms. The summed E-state index contributed by atoms with van der Waals surface area (Å²) in [4.78, 5) is 9.36. The van der Waals surface area contributed by atoms with E-state index in [9.17, 15) is 0 Å². The minimum atomic E-state index is 0.0566. The maximum absolute atomic E-state index is 6.64. The first-order valence-electron chi connectivity index (χ1n) is 7.80. The Bertz CT molecular complexity index is 414. The van der Waals surface area contributed by atoms with Gasteiger partial charge in [-0.05, 0) is 18.8 Å². The SMILES string of the molecule is CC1CCCC(N)(CN2CCN(c3nccs3)CC2)C1. The molecule has 2 N–H and O–H groups in total. The molecule has 1 aliphatic heterocycles. The van der Waals surface area contributed by atoms with Crippen molar-refractivity contribution in [2.45, 2.75) is 38.1 Å². The summed E-state index contributed by atoms with van der Waals surface area (Å²) >= 11 is 1.74. The van der Waals surface area contributed by atoms with Gasteiger partial charge in [-0.1, -0.05) is 19.8 Å². The summed E-state index contributed by atoms with van der Waals surface area (Å²) < 4.78 is 0. The second-order valence-corrected chi connectivity index (χ2v) is 7.51. The molecule has 2 heterocycles. The monoisotopic (exact) mass is 294 g/mol. The average molecular weight is 294 g/mol. The molecule has 5 heteroatoms. The Labute approximate surface area is 126 Å². The van der Waals surface area contributed by atoms with Crippen molar-refractivity contribution in [1.82, 2.24) is 9.88 Å². The summed E-state index contributed by atoms with van der Waals surface area (Å²) in [6, 6.07) is 0. The van der Waals surface area contributed by atoms with Gasteiger partial charge in [0.15, 0.2) is 5.13 Å². The molecule has 1 saturated heterocycles. The third-order valence-electron chi connectivity index (χ3n) is 4.73. The van der Waals surface area contributed by atoms with E-state index in [0.717, 1.165) is 38.6 Å². The van der Waals surface area contributed by atoms with Crippen LogP contribution in [0.1, 0.15) is 32.6 Å². The van der Waals surface area contributed by atoms with Gasteiger partial charge in [0.05, 0.1) is 0 Å². The van der Waals surface area contributed by atoms with Crippen molar-refractivity contribution >= 4 is 16.5 Å². The van der Waals surface area contributed by atoms with Crippen LogP contribution in [0, 0.1) is 5.92 Å². The molecule has 0 aromatic carbocycles. The highest BCUT2D eigenvalue weighted by atomic mass is 32.1. The van der Waals surface area contributed by atoms with E-state index in [-0.39, 0.29) is 5.54 Å². The number of aromatic nitrogens is 1. The van der Waals surface area contributed by atoms with E-state index < -0.39 is 0 Å². The fourth-order valence-corrected chi connectivity index (χ4v) is 4.46. The molecule has 1 aromatic heterocycles. The van der Waals surface area contributed by atoms with Gasteiger partial charge in [-0.25, -0.2) is 4.98 Å². The lowest BCUT2D eigenvalue weighted by atomic mass is 9.76. The van der Waals surface area contributed by atoms with Crippen LogP contribution in [0.5, 0.6) is 0 Å². The predicted molar refractivity (Wildman–Crippen MR) is 85.3 cm³/mol. The van der Waals surface area contributed by atoms with Crippen LogP contribution in [0.3, 0.4) is 0 Å². The van der Waals surface area contributed by atoms with Crippen LogP contribution >= 0.6 is 11.3 Å². The van der Waals surface area contributed by atoms with Crippen LogP contribution in [0.4, 0.5) is 5.13 Å². The Morgan fingerprint density at radius 1 is 1.40 bits per heavy atom. The maximum atomic E-state index is 6.64. The van der Waals surface area contributed by atoms with E-state index in [1.54, 1.807) is 11.3 Å². The molecule has 2 aliphatic rings. The number of piperazine rings is 1. The summed E-state index contributed by atoms with van der Waals surface area (Å²) in [5, 5.41) is 3.22. The zero-order valence-electron chi connectivity index (χ0n) is 12.4. The Hall–Kier alpha value is -0.650. The first-order chi connectivity index (χ1) is 9.65. The first kappa shape index (κ1) is 14.3. The van der Waals surface area contributed by atoms with Crippen molar-refractivity contribution in [2.75, 3.05) is 37.6 Å². The number of nitrogens with zero attached hydrogens (tertiary/aromatic N) is 3. The number of hydrogen-bond donors (Lipinski definition) is 1. The van der Waals surface area contributed by atoms with Gasteiger partial charge in [0.2, 0.25) is 0 Å². The van der Waals surface area contributed by atoms with Gasteiger partial charge in [-0.15, -0.1) is 11.3 Å². The van der Waals surface area contributed by atoms with Crippen molar-refractivity contribution in [3.8, 4) is 0 Å². The van der Waals surface area contributed by atoms with Crippen LogP contribution in [0.15, 0.2) is 11.6 Å². The van der Waals surface area contributed by atoms with Crippen molar-refractivity contribution < 1.29 is 0 Å². The molecule has 112 valence electrons. The molecule has 0 radical (unpaired) electrons. The predicted octanol–water partition coefficient (Wildman–Crippen LogP) is 2.17. The van der Waals surface area contributed by atoms with Gasteiger partial charge in [0.1, 0.15) is 0 Å². The second-order valence-electron chi connectivity index (χ2n) is 6.64. The smallest absolute Gasteiger partial charge is 0.185 e. The molecule has 2 atom stereocenters. The van der Waals surface area contributed by atoms with E-state index >= 15 is 0 Å². The van der Waals surface area contributed by atoms with E-state index in [2.05, 4.69) is 27.1 Å². The molecule has 4 nitrogen and oxygen atoms in total. The molecule has 0 bridgehead atoms. The lowest BCUT2D eigenvalue weighted by molar-refractivity contribution is 0.145. The highest BCUT2D eigenvalue weighted by Gasteiger charge is 2.33. The normalized spacial score (nSPS) is 32.5. The molecular weight excluding hydrogens is 268 g/mol. The molecule has 0 amide bonds. The van der Waals surface area contributed by atoms with Crippen molar-refractivity contribution in [1.29, 1.82) is 0 Å². The lowest BCUT2D eigenvalue weighted by Crippen LogP contribution is -2.56. The van der Waals surface area contributed by atoms with Crippen LogP contribution in [-0.2, 0) is 0 Å². The fourth-order valence-electron chi connectivity index (χ4n) is 3.76. The highest BCUT2D eigenvalue weighted by Crippen LogP contribution is 2.31. The second kappa shape index (κ2) is 6.00. The van der Waals surface area contributed by atoms with Crippen molar-refractivity contribution in [3.05, 3.63) is 11.6 Å². The quantitative estimate of drug-likeness (QED) is 0.928. The minimum Gasteiger partial charge on any atom is -0.346 e. The molecule has 2 unspecified atom stereocenters. The van der Waals surface area contributed by atoms with Crippen LogP contribution in [0.25, 0.3) is 0 Å². The molecule has 3 rings (SSSR count). The molecule has 1 saturated carbocycles. The van der Waals surface area contributed by atoms with Crippen LogP contribution in [-0.4, -0.2) is 48.1 Å². The Morgan fingerprint density at radius 2 is 2.20 bits per heavy atom. The van der Waals surface area contributed by atoms with E-state index in [1.807, 2.05) is 6.20 Å². The van der Waals surface area contributed by atoms with Crippen LogP contribution in [0.2, 0.25) is 0 Å². The summed E-state index contributed by atoms with van der Waals surface area (Å²) in [5.41, 5.74) is 6.70. The van der Waals surface area contributed by atoms with Gasteiger partial charge < -0.3 is 10.6 Å². The van der Waals surface area contributed by atoms with Gasteiger partial charge in [0, 0.05) is 49.8 Å². The van der Waals surface area contributed by atoms with E-state index in [4.69, 9.17) is 5.73 Å². The zero-order chi connectivity index (χ0) is 14.0. The van der Waals surface area contributed by atoms with Gasteiger partial charge in [-0.3, -0.25) is 4.90 Å². The van der Waals surface area contributed by atoms with Gasteiger partial charge in [0.25, 0.3) is 0 Å². The Morgan fingerprint density at radius 3 is 2.85 bits per heavy atom. The van der Waals surface area contributed by atoms with Crippen molar-refractivity contribution in [3.63, 3.8) is 0 Å². The molecule has 0 spiro atoms. The number of rotatable bonds is 3. The number of anilines is 1. The summed E-state index contributed by atoms with van der Waals surface area (Å²) in [6.07, 6.45) is 6.95. The number of hydrogen-bond acceptors (Lipinski definition) is 5. The third kappa shape index (κ3) is 3.32. The number of nitrogens with two attached hydrogens (primary N) is 1. The Kier molecular flexibility index (Phi) is 4.29. The Balaban J connectivity index is 1.51. The van der Waals surface area contributed by atoms with Gasteiger partial charge in [-0.2, -0.15) is 0 Å². The van der Waals surface area contributed by atoms with Crippen molar-refractivity contribution in [2.24, 2.45) is 11.7 Å². The number of thiazole rings is 1. The summed E-state index contributed by atoms with van der Waals surface area (Å²) in [6.45, 7) is 7.82. The van der Waals surface area contributed by atoms with E-state index in [1.165, 1.54) is 30.8 Å². The molecule has 1 aliphatic carbocycles. The summed E-state index contributed by atoms with van der Waals surface area (Å²) in [7, 11) is 0. The average Bonchev–Trinajstić information content (AvgIpc) is 2.92. The maximum Gasteiger partial charge on any atom is 0.185 e. The minimum absolute atomic E-state index is 0.0566. The van der Waals surface area contributed by atoms with E-state index in [0.29, 0.717) is 0 Å². The third-order valence-corrected chi connectivity index (χ3v) is 5.56. The molecule has 1 aromatic rings. The highest BCUT2D eigenvalue weighted by molar-refractivity contribution is 7.13.